The van der Waals surface area contributed by atoms with Crippen LogP contribution in [-0.4, -0.2) is 68.9 Å². The molecule has 3 aliphatic rings. The van der Waals surface area contributed by atoms with Crippen LogP contribution in [0.5, 0.6) is 0 Å². The molecule has 1 aromatic carbocycles. The first kappa shape index (κ1) is 28.0. The van der Waals surface area contributed by atoms with Gasteiger partial charge in [0.2, 0.25) is 15.7 Å². The van der Waals surface area contributed by atoms with Gasteiger partial charge in [0.1, 0.15) is 11.6 Å². The Morgan fingerprint density at radius 3 is 2.33 bits per heavy atom. The smallest absolute Gasteiger partial charge is 0.258 e. The molecule has 13 heteroatoms. The van der Waals surface area contributed by atoms with E-state index in [0.717, 1.165) is 25.9 Å². The fourth-order valence-corrected chi connectivity index (χ4v) is 6.19. The minimum Gasteiger partial charge on any atom is -0.395 e. The second kappa shape index (κ2) is 10.8. The first-order valence-corrected chi connectivity index (χ1v) is 15.0. The summed E-state index contributed by atoms with van der Waals surface area (Å²) in [5.41, 5.74) is 1.80. The quantitative estimate of drug-likeness (QED) is 0.404. The number of nitrogens with zero attached hydrogens (tertiary/aromatic N) is 4. The maximum absolute atomic E-state index is 13.7. The summed E-state index contributed by atoms with van der Waals surface area (Å²) < 4.78 is 54.3. The summed E-state index contributed by atoms with van der Waals surface area (Å²) in [7, 11) is -3.76. The van der Waals surface area contributed by atoms with Crippen molar-refractivity contribution in [1.29, 1.82) is 0 Å². The van der Waals surface area contributed by atoms with Gasteiger partial charge in [-0.3, -0.25) is 9.52 Å². The van der Waals surface area contributed by atoms with Crippen molar-refractivity contribution in [2.45, 2.75) is 44.4 Å². The summed E-state index contributed by atoms with van der Waals surface area (Å²) in [5, 5.41) is 11.8. The van der Waals surface area contributed by atoms with Crippen molar-refractivity contribution < 1.29 is 27.1 Å². The molecule has 5 rings (SSSR count). The average molecular weight is 575 g/mol. The number of pyridine rings is 1. The van der Waals surface area contributed by atoms with Gasteiger partial charge < -0.3 is 20.2 Å². The highest BCUT2D eigenvalue weighted by Gasteiger charge is 2.44. The van der Waals surface area contributed by atoms with Crippen LogP contribution in [0.15, 0.2) is 30.3 Å². The SMILES string of the molecule is [C-]#[N+]c1ccc(NC(=O)c2ccc(NS(=O)(=O)CCO)cc2N2CCC3(CC2)CC3)nc1N1CCC(F)(F)CC1. The Kier molecular flexibility index (Phi) is 7.58. The largest absolute Gasteiger partial charge is 0.395 e. The summed E-state index contributed by atoms with van der Waals surface area (Å²) in [6.45, 7) is 8.51. The number of hydrogen-bond donors (Lipinski definition) is 3. The van der Waals surface area contributed by atoms with E-state index in [-0.39, 0.29) is 48.9 Å². The molecule has 0 bridgehead atoms. The molecule has 2 aliphatic heterocycles. The maximum atomic E-state index is 13.7. The minimum atomic E-state index is -3.76. The van der Waals surface area contributed by atoms with Gasteiger partial charge in [-0.05, 0) is 61.4 Å². The summed E-state index contributed by atoms with van der Waals surface area (Å²) in [6, 6.07) is 7.68. The zero-order valence-corrected chi connectivity index (χ0v) is 22.8. The van der Waals surface area contributed by atoms with Gasteiger partial charge in [-0.2, -0.15) is 0 Å². The monoisotopic (exact) mass is 574 g/mol. The van der Waals surface area contributed by atoms with Crippen LogP contribution in [0.3, 0.4) is 0 Å². The molecule has 2 saturated heterocycles. The third-order valence-electron chi connectivity index (χ3n) is 8.01. The standard InChI is InChI=1S/C27H32F2N6O4S/c1-30-21-4-5-23(31-24(21)35-14-10-27(28,29)11-15-35)32-25(37)20-3-2-19(33-40(38,39)17-16-36)18-22(20)34-12-8-26(6-7-26)9-13-34/h2-5,18,33,36H,6-17H2,(H,31,32,37). The molecular weight excluding hydrogens is 542 g/mol. The lowest BCUT2D eigenvalue weighted by Crippen LogP contribution is -2.39. The fraction of sp³-hybridized carbons (Fsp3) is 0.519. The van der Waals surface area contributed by atoms with Crippen molar-refractivity contribution in [1.82, 2.24) is 4.98 Å². The molecule has 2 aromatic rings. The van der Waals surface area contributed by atoms with Gasteiger partial charge in [0, 0.05) is 39.0 Å². The number of halogens is 2. The number of aliphatic hydroxyl groups excluding tert-OH is 1. The second-order valence-corrected chi connectivity index (χ2v) is 12.7. The Labute approximate surface area is 232 Å². The molecule has 3 fully saturated rings. The Bertz CT molecular complexity index is 1420. The lowest BCUT2D eigenvalue weighted by Gasteiger charge is -2.35. The predicted molar refractivity (Wildman–Crippen MR) is 149 cm³/mol. The van der Waals surface area contributed by atoms with Gasteiger partial charge in [-0.15, -0.1) is 0 Å². The van der Waals surface area contributed by atoms with Crippen LogP contribution in [0.4, 0.5) is 37.5 Å². The van der Waals surface area contributed by atoms with Crippen LogP contribution >= 0.6 is 0 Å². The number of piperidine rings is 2. The highest BCUT2D eigenvalue weighted by atomic mass is 32.2. The first-order chi connectivity index (χ1) is 19.0. The zero-order chi connectivity index (χ0) is 28.5. The van der Waals surface area contributed by atoms with Gasteiger partial charge in [0.05, 0.1) is 35.9 Å². The van der Waals surface area contributed by atoms with Crippen LogP contribution in [0.25, 0.3) is 4.85 Å². The number of sulfonamides is 1. The van der Waals surface area contributed by atoms with Crippen molar-refractivity contribution in [2.75, 3.05) is 58.4 Å². The van der Waals surface area contributed by atoms with Crippen LogP contribution in [0, 0.1) is 12.0 Å². The van der Waals surface area contributed by atoms with Gasteiger partial charge in [-0.1, -0.05) is 0 Å². The van der Waals surface area contributed by atoms with E-state index in [2.05, 4.69) is 24.8 Å². The Hall–Kier alpha value is -3.50. The molecule has 3 heterocycles. The number of aliphatic hydroxyl groups is 1. The Balaban J connectivity index is 1.40. The van der Waals surface area contributed by atoms with Gasteiger partial charge in [-0.25, -0.2) is 27.0 Å². The number of carbonyl (C=O) groups is 1. The van der Waals surface area contributed by atoms with Crippen LogP contribution in [0.1, 0.15) is 48.9 Å². The number of alkyl halides is 2. The van der Waals surface area contributed by atoms with Crippen molar-refractivity contribution in [3.05, 3.63) is 47.3 Å². The molecule has 10 nitrogen and oxygen atoms in total. The second-order valence-electron chi connectivity index (χ2n) is 10.8. The Morgan fingerprint density at radius 2 is 1.70 bits per heavy atom. The van der Waals surface area contributed by atoms with Crippen molar-refractivity contribution in [3.8, 4) is 0 Å². The van der Waals surface area contributed by atoms with Gasteiger partial charge in [0.15, 0.2) is 0 Å². The number of aromatic nitrogens is 1. The summed E-state index contributed by atoms with van der Waals surface area (Å²) in [4.78, 5) is 25.2. The van der Waals surface area contributed by atoms with E-state index < -0.39 is 34.2 Å². The topological polar surface area (TPSA) is 119 Å². The lowest BCUT2D eigenvalue weighted by atomic mass is 9.93. The normalized spacial score (nSPS) is 19.6. The van der Waals surface area contributed by atoms with Gasteiger partial charge in [0.25, 0.3) is 11.8 Å². The van der Waals surface area contributed by atoms with Crippen molar-refractivity contribution >= 4 is 44.6 Å². The number of benzene rings is 1. The number of anilines is 4. The number of rotatable bonds is 8. The van der Waals surface area contributed by atoms with Crippen molar-refractivity contribution in [3.63, 3.8) is 0 Å². The zero-order valence-electron chi connectivity index (χ0n) is 22.0. The molecule has 1 aliphatic carbocycles. The highest BCUT2D eigenvalue weighted by Crippen LogP contribution is 2.54. The van der Waals surface area contributed by atoms with E-state index in [0.29, 0.717) is 16.7 Å². The van der Waals surface area contributed by atoms with E-state index >= 15 is 0 Å². The molecule has 1 amide bonds. The highest BCUT2D eigenvalue weighted by molar-refractivity contribution is 7.92. The number of carbonyl (C=O) groups excluding carboxylic acids is 1. The molecule has 1 saturated carbocycles. The number of hydrogen-bond acceptors (Lipinski definition) is 7. The summed E-state index contributed by atoms with van der Waals surface area (Å²) in [5.74, 6) is -3.23. The minimum absolute atomic E-state index is 0.0498. The molecule has 0 radical (unpaired) electrons. The van der Waals surface area contributed by atoms with E-state index in [1.165, 1.54) is 31.0 Å². The molecule has 1 aromatic heterocycles. The van der Waals surface area contributed by atoms with E-state index in [9.17, 15) is 22.0 Å². The van der Waals surface area contributed by atoms with E-state index in [4.69, 9.17) is 11.7 Å². The molecular formula is C27H32F2N6O4S. The third-order valence-corrected chi connectivity index (χ3v) is 9.28. The molecule has 1 spiro atoms. The molecule has 0 unspecified atom stereocenters. The molecule has 0 atom stereocenters. The average Bonchev–Trinajstić information content (AvgIpc) is 3.67. The molecule has 40 heavy (non-hydrogen) atoms. The van der Waals surface area contributed by atoms with Crippen molar-refractivity contribution in [2.24, 2.45) is 5.41 Å². The predicted octanol–water partition coefficient (Wildman–Crippen LogP) is 4.23. The third kappa shape index (κ3) is 6.28. The summed E-state index contributed by atoms with van der Waals surface area (Å²) in [6.07, 6.45) is 3.73. The van der Waals surface area contributed by atoms with Crippen LogP contribution < -0.4 is 19.8 Å². The lowest BCUT2D eigenvalue weighted by molar-refractivity contribution is -0.0221. The van der Waals surface area contributed by atoms with E-state index in [1.807, 2.05) is 0 Å². The number of nitrogens with one attached hydrogen (secondary N) is 2. The van der Waals surface area contributed by atoms with Crippen LogP contribution in [0.2, 0.25) is 0 Å². The first-order valence-electron chi connectivity index (χ1n) is 13.4. The Morgan fingerprint density at radius 1 is 1.02 bits per heavy atom. The molecule has 3 N–H and O–H groups in total. The van der Waals surface area contributed by atoms with Crippen LogP contribution in [-0.2, 0) is 10.0 Å². The van der Waals surface area contributed by atoms with Gasteiger partial charge >= 0.3 is 0 Å². The van der Waals surface area contributed by atoms with E-state index in [1.54, 1.807) is 17.0 Å². The summed E-state index contributed by atoms with van der Waals surface area (Å²) >= 11 is 0. The fourth-order valence-electron chi connectivity index (χ4n) is 5.36. The molecule has 214 valence electrons. The maximum Gasteiger partial charge on any atom is 0.258 e. The number of amides is 1.